The maximum absolute atomic E-state index is 12.6. The molecule has 0 atom stereocenters. The van der Waals surface area contributed by atoms with E-state index < -0.39 is 28.9 Å². The van der Waals surface area contributed by atoms with Crippen LogP contribution >= 0.6 is 0 Å². The highest BCUT2D eigenvalue weighted by Gasteiger charge is 2.37. The number of benzene rings is 3. The number of nitrogens with one attached hydrogen (secondary N) is 3. The van der Waals surface area contributed by atoms with Crippen LogP contribution in [-0.4, -0.2) is 39.1 Å². The Morgan fingerprint density at radius 2 is 1.07 bits per heavy atom. The molecule has 0 aliphatic heterocycles. The van der Waals surface area contributed by atoms with Gasteiger partial charge in [0.15, 0.2) is 5.82 Å². The van der Waals surface area contributed by atoms with E-state index in [1.165, 1.54) is 0 Å². The lowest BCUT2D eigenvalue weighted by atomic mass is 9.77. The maximum Gasteiger partial charge on any atom is 0.414 e. The Hall–Kier alpha value is -5.12. The normalized spacial score (nSPS) is 11.7. The molecule has 230 valence electrons. The number of nitrogens with zero attached hydrogens (tertiary/aromatic N) is 3. The number of ether oxygens (including phenoxy) is 2. The first-order valence-electron chi connectivity index (χ1n) is 14.3. The van der Waals surface area contributed by atoms with Gasteiger partial charge in [-0.3, -0.25) is 15.3 Å². The van der Waals surface area contributed by atoms with Crippen LogP contribution in [0.1, 0.15) is 58.2 Å². The van der Waals surface area contributed by atoms with Gasteiger partial charge in [0.2, 0.25) is 5.96 Å². The van der Waals surface area contributed by atoms with Crippen molar-refractivity contribution < 1.29 is 19.1 Å². The molecule has 1 heterocycles. The number of guanidine groups is 1. The van der Waals surface area contributed by atoms with E-state index in [0.29, 0.717) is 5.82 Å². The molecule has 10 nitrogen and oxygen atoms in total. The van der Waals surface area contributed by atoms with Crippen molar-refractivity contribution in [1.82, 2.24) is 20.4 Å². The molecule has 44 heavy (non-hydrogen) atoms. The second-order valence-corrected chi connectivity index (χ2v) is 12.2. The average Bonchev–Trinajstić information content (AvgIpc) is 3.28. The fourth-order valence-corrected chi connectivity index (χ4v) is 4.60. The van der Waals surface area contributed by atoms with E-state index in [0.717, 1.165) is 16.7 Å². The topological polar surface area (TPSA) is 119 Å². The number of aromatic nitrogens is 2. The van der Waals surface area contributed by atoms with E-state index in [-0.39, 0.29) is 11.8 Å². The van der Waals surface area contributed by atoms with Gasteiger partial charge in [0.05, 0.1) is 0 Å². The minimum atomic E-state index is -0.801. The van der Waals surface area contributed by atoms with Crippen molar-refractivity contribution >= 4 is 29.8 Å². The molecule has 4 rings (SSSR count). The van der Waals surface area contributed by atoms with Gasteiger partial charge >= 0.3 is 12.2 Å². The van der Waals surface area contributed by atoms with Crippen molar-refractivity contribution in [3.05, 3.63) is 114 Å². The summed E-state index contributed by atoms with van der Waals surface area (Å²) in [7, 11) is 1.79. The van der Waals surface area contributed by atoms with Crippen molar-refractivity contribution in [3.8, 4) is 0 Å². The molecule has 4 aromatic rings. The van der Waals surface area contributed by atoms with E-state index in [4.69, 9.17) is 9.47 Å². The van der Waals surface area contributed by atoms with Crippen LogP contribution in [0, 0.1) is 0 Å². The first-order chi connectivity index (χ1) is 20.7. The highest BCUT2D eigenvalue weighted by molar-refractivity contribution is 6.02. The first kappa shape index (κ1) is 31.8. The maximum atomic E-state index is 12.6. The number of anilines is 1. The molecule has 0 fully saturated rings. The van der Waals surface area contributed by atoms with Gasteiger partial charge in [-0.05, 0) is 58.2 Å². The lowest BCUT2D eigenvalue weighted by molar-refractivity contribution is 0.0545. The number of hydrogen-bond acceptors (Lipinski definition) is 7. The Balaban J connectivity index is 1.78. The van der Waals surface area contributed by atoms with E-state index in [9.17, 15) is 9.59 Å². The summed E-state index contributed by atoms with van der Waals surface area (Å²) in [5.74, 6) is 0.660. The summed E-state index contributed by atoms with van der Waals surface area (Å²) < 4.78 is 12.4. The van der Waals surface area contributed by atoms with Crippen LogP contribution in [0.25, 0.3) is 0 Å². The number of amides is 2. The zero-order chi connectivity index (χ0) is 32.0. The first-order valence-corrected chi connectivity index (χ1v) is 14.3. The summed E-state index contributed by atoms with van der Waals surface area (Å²) in [6, 6.07) is 32.2. The molecule has 0 spiro atoms. The van der Waals surface area contributed by atoms with Crippen LogP contribution in [0.2, 0.25) is 0 Å². The zero-order valence-electron chi connectivity index (χ0n) is 26.2. The van der Waals surface area contributed by atoms with E-state index in [2.05, 4.69) is 62.4 Å². The Morgan fingerprint density at radius 1 is 0.682 bits per heavy atom. The number of alkyl carbamates (subject to hydrolysis) is 2. The van der Waals surface area contributed by atoms with Gasteiger partial charge in [0, 0.05) is 13.1 Å². The van der Waals surface area contributed by atoms with Crippen LogP contribution in [0.15, 0.2) is 102 Å². The molecule has 1 aromatic heterocycles. The molecule has 0 unspecified atom stereocenters. The highest BCUT2D eigenvalue weighted by atomic mass is 16.6. The molecular weight excluding hydrogens is 556 g/mol. The van der Waals surface area contributed by atoms with Crippen LogP contribution < -0.4 is 16.0 Å². The molecule has 0 radical (unpaired) electrons. The second-order valence-electron chi connectivity index (χ2n) is 12.2. The number of aryl methyl sites for hydroxylation is 1. The van der Waals surface area contributed by atoms with Gasteiger partial charge in [0.1, 0.15) is 22.6 Å². The summed E-state index contributed by atoms with van der Waals surface area (Å²) >= 11 is 0. The van der Waals surface area contributed by atoms with E-state index >= 15 is 0 Å². The predicted molar refractivity (Wildman–Crippen MR) is 172 cm³/mol. The molecule has 0 saturated heterocycles. The fraction of sp³-hybridized carbons (Fsp3) is 0.294. The van der Waals surface area contributed by atoms with Crippen LogP contribution in [0.5, 0.6) is 0 Å². The third-order valence-electron chi connectivity index (χ3n) is 6.27. The number of carbonyl (C=O) groups excluding carboxylic acids is 2. The number of carbonyl (C=O) groups is 2. The molecular formula is C34H40N6O4. The summed E-state index contributed by atoms with van der Waals surface area (Å²) in [6.07, 6.45) is -1.59. The zero-order valence-corrected chi connectivity index (χ0v) is 26.2. The molecule has 0 bridgehead atoms. The quantitative estimate of drug-likeness (QED) is 0.127. The number of aliphatic imine (C=N–C) groups is 1. The lowest BCUT2D eigenvalue weighted by Gasteiger charge is -2.37. The molecule has 2 amide bonds. The summed E-state index contributed by atoms with van der Waals surface area (Å²) in [4.78, 5) is 29.7. The Morgan fingerprint density at radius 3 is 1.43 bits per heavy atom. The van der Waals surface area contributed by atoms with Crippen molar-refractivity contribution in [3.63, 3.8) is 0 Å². The smallest absolute Gasteiger partial charge is 0.414 e. The average molecular weight is 597 g/mol. The summed E-state index contributed by atoms with van der Waals surface area (Å²) in [5.41, 5.74) is 0.718. The largest absolute Gasteiger partial charge is 0.444 e. The van der Waals surface area contributed by atoms with Gasteiger partial charge in [-0.15, -0.1) is 0 Å². The van der Waals surface area contributed by atoms with Crippen LogP contribution in [-0.2, 0) is 22.1 Å². The Bertz CT molecular complexity index is 1460. The van der Waals surface area contributed by atoms with Crippen molar-refractivity contribution in [2.45, 2.75) is 58.3 Å². The minimum Gasteiger partial charge on any atom is -0.444 e. The van der Waals surface area contributed by atoms with Crippen molar-refractivity contribution in [1.29, 1.82) is 0 Å². The van der Waals surface area contributed by atoms with Crippen molar-refractivity contribution in [2.75, 3.05) is 5.32 Å². The van der Waals surface area contributed by atoms with E-state index in [1.807, 2.05) is 54.6 Å². The standard InChI is InChI=1S/C34H40N6O4/c1-32(2,3)43-30(41)36-29(37-31(42)44-33(4,5)6)35-27-23-28(40(7)39-27)38-34(24-17-11-8-12-18-24,25-19-13-9-14-20-25)26-21-15-10-16-22-26/h8-23,38H,1-7H3,(H2,35,36,37,39,41,42). The van der Waals surface area contributed by atoms with Gasteiger partial charge in [-0.25, -0.2) is 9.59 Å². The third-order valence-corrected chi connectivity index (χ3v) is 6.27. The van der Waals surface area contributed by atoms with Crippen LogP contribution in [0.3, 0.4) is 0 Å². The van der Waals surface area contributed by atoms with Gasteiger partial charge in [-0.1, -0.05) is 91.0 Å². The summed E-state index contributed by atoms with van der Waals surface area (Å²) in [5, 5.41) is 13.3. The van der Waals surface area contributed by atoms with Crippen molar-refractivity contribution in [2.24, 2.45) is 12.0 Å². The number of hydrogen-bond donors (Lipinski definition) is 3. The third kappa shape index (κ3) is 8.25. The summed E-state index contributed by atoms with van der Waals surface area (Å²) in [6.45, 7) is 10.4. The predicted octanol–water partition coefficient (Wildman–Crippen LogP) is 6.86. The van der Waals surface area contributed by atoms with Gasteiger partial charge in [0.25, 0.3) is 0 Å². The second kappa shape index (κ2) is 13.0. The minimum absolute atomic E-state index is 0.196. The van der Waals surface area contributed by atoms with Crippen LogP contribution in [0.4, 0.5) is 21.2 Å². The molecule has 10 heteroatoms. The SMILES string of the molecule is Cn1nc(N=C(NC(=O)OC(C)(C)C)NC(=O)OC(C)(C)C)cc1NC(c1ccccc1)(c1ccccc1)c1ccccc1. The molecule has 0 aliphatic rings. The molecule has 0 saturated carbocycles. The fourth-order valence-electron chi connectivity index (χ4n) is 4.60. The molecule has 3 N–H and O–H groups in total. The van der Waals surface area contributed by atoms with Gasteiger partial charge in [-0.2, -0.15) is 10.1 Å². The lowest BCUT2D eigenvalue weighted by Crippen LogP contribution is -2.47. The Labute approximate surface area is 258 Å². The van der Waals surface area contributed by atoms with Gasteiger partial charge < -0.3 is 14.8 Å². The highest BCUT2D eigenvalue weighted by Crippen LogP contribution is 2.40. The Kier molecular flexibility index (Phi) is 9.42. The monoisotopic (exact) mass is 596 g/mol. The number of rotatable bonds is 6. The van der Waals surface area contributed by atoms with E-state index in [1.54, 1.807) is 59.3 Å². The molecule has 0 aliphatic carbocycles. The molecule has 3 aromatic carbocycles.